The fourth-order valence-corrected chi connectivity index (χ4v) is 5.22. The predicted octanol–water partition coefficient (Wildman–Crippen LogP) is 4.56. The first-order valence-corrected chi connectivity index (χ1v) is 14.3. The number of nitrogens with one attached hydrogen (secondary N) is 3. The van der Waals surface area contributed by atoms with Gasteiger partial charge >= 0.3 is 0 Å². The van der Waals surface area contributed by atoms with Crippen LogP contribution in [0.1, 0.15) is 55.1 Å². The Balaban J connectivity index is 1.51. The van der Waals surface area contributed by atoms with Crippen LogP contribution < -0.4 is 20.9 Å². The van der Waals surface area contributed by atoms with Gasteiger partial charge < -0.3 is 26.0 Å². The average molecular weight is 543 g/mol. The number of carbonyl (C=O) groups is 2. The highest BCUT2D eigenvalue weighted by molar-refractivity contribution is 6.00. The van der Waals surface area contributed by atoms with Crippen LogP contribution in [0.15, 0.2) is 78.9 Å². The van der Waals surface area contributed by atoms with Crippen molar-refractivity contribution in [3.8, 4) is 0 Å². The molecule has 0 unspecified atom stereocenters. The molecule has 1 saturated heterocycles. The minimum Gasteiger partial charge on any atom is -0.390 e. The number of nitrogens with zero attached hydrogens (tertiary/aromatic N) is 1. The van der Waals surface area contributed by atoms with Gasteiger partial charge in [-0.1, -0.05) is 60.7 Å². The lowest BCUT2D eigenvalue weighted by atomic mass is 9.94. The van der Waals surface area contributed by atoms with E-state index < -0.39 is 12.1 Å². The molecule has 7 nitrogen and oxygen atoms in total. The quantitative estimate of drug-likeness (QED) is 0.254. The molecule has 0 aromatic heterocycles. The zero-order chi connectivity index (χ0) is 28.5. The van der Waals surface area contributed by atoms with Gasteiger partial charge in [-0.3, -0.25) is 9.59 Å². The molecule has 0 saturated carbocycles. The fourth-order valence-electron chi connectivity index (χ4n) is 5.22. The molecule has 2 amide bonds. The number of rotatable bonds is 13. The summed E-state index contributed by atoms with van der Waals surface area (Å²) in [6.07, 6.45) is 1.80. The molecule has 212 valence electrons. The Kier molecular flexibility index (Phi) is 9.96. The van der Waals surface area contributed by atoms with Crippen LogP contribution >= 0.6 is 0 Å². The van der Waals surface area contributed by atoms with Crippen LogP contribution in [0.3, 0.4) is 0 Å². The number of aliphatic hydroxyl groups is 1. The molecule has 40 heavy (non-hydrogen) atoms. The van der Waals surface area contributed by atoms with E-state index in [0.717, 1.165) is 29.8 Å². The van der Waals surface area contributed by atoms with Gasteiger partial charge in [-0.05, 0) is 69.4 Å². The first-order valence-electron chi connectivity index (χ1n) is 14.3. The molecule has 3 aromatic rings. The van der Waals surface area contributed by atoms with Gasteiger partial charge in [0.1, 0.15) is 0 Å². The number of β-amino-alcohol motifs (C(OH)–C–C–N with tert-alkyl or cyclic N) is 1. The van der Waals surface area contributed by atoms with E-state index >= 15 is 0 Å². The van der Waals surface area contributed by atoms with Crippen molar-refractivity contribution in [3.05, 3.63) is 95.6 Å². The molecular formula is C33H42N4O3. The van der Waals surface area contributed by atoms with Gasteiger partial charge in [0.05, 0.1) is 12.1 Å². The second-order valence-electron chi connectivity index (χ2n) is 11.2. The summed E-state index contributed by atoms with van der Waals surface area (Å²) in [4.78, 5) is 27.8. The molecule has 0 radical (unpaired) electrons. The molecule has 0 aliphatic carbocycles. The van der Waals surface area contributed by atoms with Gasteiger partial charge in [-0.2, -0.15) is 0 Å². The molecule has 1 fully saturated rings. The summed E-state index contributed by atoms with van der Waals surface area (Å²) in [6, 6.07) is 25.1. The first kappa shape index (κ1) is 29.3. The summed E-state index contributed by atoms with van der Waals surface area (Å²) in [5.41, 5.74) is 3.96. The zero-order valence-corrected chi connectivity index (χ0v) is 23.8. The largest absolute Gasteiger partial charge is 0.390 e. The van der Waals surface area contributed by atoms with Gasteiger partial charge in [-0.25, -0.2) is 0 Å². The van der Waals surface area contributed by atoms with E-state index in [2.05, 4.69) is 41.9 Å². The third kappa shape index (κ3) is 8.16. The lowest BCUT2D eigenvalue weighted by molar-refractivity contribution is -0.117. The highest BCUT2D eigenvalue weighted by atomic mass is 16.3. The first-order chi connectivity index (χ1) is 19.2. The number of hydrogen-bond acceptors (Lipinski definition) is 5. The van der Waals surface area contributed by atoms with Crippen molar-refractivity contribution in [1.29, 1.82) is 0 Å². The number of anilines is 2. The summed E-state index contributed by atoms with van der Waals surface area (Å²) < 4.78 is 0. The van der Waals surface area contributed by atoms with Crippen molar-refractivity contribution < 1.29 is 14.7 Å². The molecular weight excluding hydrogens is 500 g/mol. The maximum absolute atomic E-state index is 13.6. The second-order valence-corrected chi connectivity index (χ2v) is 11.2. The van der Waals surface area contributed by atoms with Crippen molar-refractivity contribution in [2.75, 3.05) is 29.9 Å². The number of hydrogen-bond donors (Lipinski definition) is 4. The molecule has 1 aliphatic heterocycles. The molecule has 0 spiro atoms. The van der Waals surface area contributed by atoms with Crippen LogP contribution in [0, 0.1) is 0 Å². The molecule has 3 aromatic carbocycles. The van der Waals surface area contributed by atoms with E-state index in [1.165, 1.54) is 5.56 Å². The summed E-state index contributed by atoms with van der Waals surface area (Å²) in [5, 5.41) is 21.2. The van der Waals surface area contributed by atoms with E-state index in [4.69, 9.17) is 0 Å². The topological polar surface area (TPSA) is 93.7 Å². The lowest BCUT2D eigenvalue weighted by Crippen LogP contribution is -2.52. The van der Waals surface area contributed by atoms with Crippen LogP contribution in [0.4, 0.5) is 11.4 Å². The normalized spacial score (nSPS) is 15.1. The number of carbonyl (C=O) groups excluding carboxylic acids is 2. The maximum Gasteiger partial charge on any atom is 0.251 e. The molecule has 2 atom stereocenters. The minimum absolute atomic E-state index is 0.0709. The SMILES string of the molecule is CCNc1cc(C(=O)N[C@@H](Cc2ccccc2)[C@H](O)CNC(C)(C)Cc2ccccc2)cc(N2CCCC2=O)c1. The Hall–Kier alpha value is -3.68. The highest BCUT2D eigenvalue weighted by Crippen LogP contribution is 2.27. The summed E-state index contributed by atoms with van der Waals surface area (Å²) in [7, 11) is 0. The predicted molar refractivity (Wildman–Crippen MR) is 162 cm³/mol. The van der Waals surface area contributed by atoms with Gasteiger partial charge in [0.2, 0.25) is 5.91 Å². The second kappa shape index (κ2) is 13.6. The lowest BCUT2D eigenvalue weighted by Gasteiger charge is -2.31. The van der Waals surface area contributed by atoms with Crippen LogP contribution in [-0.4, -0.2) is 54.2 Å². The zero-order valence-electron chi connectivity index (χ0n) is 23.8. The smallest absolute Gasteiger partial charge is 0.251 e. The van der Waals surface area contributed by atoms with Gasteiger partial charge in [0.25, 0.3) is 5.91 Å². The van der Waals surface area contributed by atoms with Crippen LogP contribution in [0.2, 0.25) is 0 Å². The van der Waals surface area contributed by atoms with E-state index in [1.54, 1.807) is 17.0 Å². The summed E-state index contributed by atoms with van der Waals surface area (Å²) >= 11 is 0. The summed E-state index contributed by atoms with van der Waals surface area (Å²) in [5.74, 6) is -0.210. The third-order valence-electron chi connectivity index (χ3n) is 7.30. The minimum atomic E-state index is -0.823. The molecule has 4 rings (SSSR count). The number of benzene rings is 3. The average Bonchev–Trinajstić information content (AvgIpc) is 3.38. The highest BCUT2D eigenvalue weighted by Gasteiger charge is 2.27. The van der Waals surface area contributed by atoms with Crippen molar-refractivity contribution in [2.45, 2.75) is 64.1 Å². The maximum atomic E-state index is 13.6. The Labute approximate surface area is 238 Å². The van der Waals surface area contributed by atoms with Crippen molar-refractivity contribution >= 4 is 23.2 Å². The monoisotopic (exact) mass is 542 g/mol. The molecule has 4 N–H and O–H groups in total. The van der Waals surface area contributed by atoms with Crippen LogP contribution in [-0.2, 0) is 17.6 Å². The Morgan fingerprint density at radius 3 is 2.30 bits per heavy atom. The Morgan fingerprint density at radius 2 is 1.68 bits per heavy atom. The van der Waals surface area contributed by atoms with Crippen molar-refractivity contribution in [2.24, 2.45) is 0 Å². The van der Waals surface area contributed by atoms with Crippen LogP contribution in [0.25, 0.3) is 0 Å². The Bertz CT molecular complexity index is 1260. The van der Waals surface area contributed by atoms with Gasteiger partial charge in [-0.15, -0.1) is 0 Å². The molecule has 0 bridgehead atoms. The van der Waals surface area contributed by atoms with Crippen LogP contribution in [0.5, 0.6) is 0 Å². The van der Waals surface area contributed by atoms with Gasteiger partial charge in [0.15, 0.2) is 0 Å². The molecule has 1 heterocycles. The Morgan fingerprint density at radius 1 is 1.00 bits per heavy atom. The van der Waals surface area contributed by atoms with Crippen molar-refractivity contribution in [1.82, 2.24) is 10.6 Å². The third-order valence-corrected chi connectivity index (χ3v) is 7.30. The number of amides is 2. The molecule has 7 heteroatoms. The van der Waals surface area contributed by atoms with Crippen molar-refractivity contribution in [3.63, 3.8) is 0 Å². The van der Waals surface area contributed by atoms with E-state index in [0.29, 0.717) is 38.0 Å². The van der Waals surface area contributed by atoms with E-state index in [-0.39, 0.29) is 17.4 Å². The van der Waals surface area contributed by atoms with Gasteiger partial charge in [0, 0.05) is 48.5 Å². The van der Waals surface area contributed by atoms with E-state index in [1.807, 2.05) is 61.5 Å². The fraction of sp³-hybridized carbons (Fsp3) is 0.394. The molecule has 1 aliphatic rings. The number of aliphatic hydroxyl groups excluding tert-OH is 1. The standard InChI is InChI=1S/C33H42N4O3/c1-4-34-27-19-26(20-28(21-27)37-17-11-16-31(37)39)32(40)36-29(18-24-12-7-5-8-13-24)30(38)23-35-33(2,3)22-25-14-9-6-10-15-25/h5-10,12-15,19-21,29-30,34-35,38H,4,11,16-18,22-23H2,1-3H3,(H,36,40)/t29-,30+/m0/s1. The summed E-state index contributed by atoms with van der Waals surface area (Å²) in [6.45, 7) is 7.89. The van der Waals surface area contributed by atoms with E-state index in [9.17, 15) is 14.7 Å².